The molecule has 0 heterocycles. The molecule has 0 radical (unpaired) electrons. The van der Waals surface area contributed by atoms with Gasteiger partial charge in [-0.3, -0.25) is 4.79 Å². The molecule has 0 aromatic heterocycles. The van der Waals surface area contributed by atoms with Crippen molar-refractivity contribution in [2.45, 2.75) is 49.9 Å². The molecule has 122 valence electrons. The Hall–Kier alpha value is -1.40. The second-order valence-electron chi connectivity index (χ2n) is 6.20. The van der Waals surface area contributed by atoms with Crippen molar-refractivity contribution in [1.82, 2.24) is 5.32 Å². The summed E-state index contributed by atoms with van der Waals surface area (Å²) in [5.74, 6) is -0.202. The van der Waals surface area contributed by atoms with Crippen molar-refractivity contribution in [2.75, 3.05) is 6.26 Å². The van der Waals surface area contributed by atoms with E-state index in [0.717, 1.165) is 11.1 Å². The molecule has 1 aliphatic carbocycles. The molecule has 1 saturated carbocycles. The molecule has 0 bridgehead atoms. The van der Waals surface area contributed by atoms with Crippen LogP contribution < -0.4 is 11.1 Å². The number of benzene rings is 1. The Labute approximate surface area is 132 Å². The molecule has 1 amide bonds. The highest BCUT2D eigenvalue weighted by Gasteiger charge is 2.29. The molecular formula is C16H24N2O3S. The minimum absolute atomic E-state index is 0.0157. The van der Waals surface area contributed by atoms with E-state index in [1.165, 1.54) is 6.26 Å². The zero-order valence-corrected chi connectivity index (χ0v) is 13.9. The Morgan fingerprint density at radius 2 is 1.73 bits per heavy atom. The quantitative estimate of drug-likeness (QED) is 0.877. The van der Waals surface area contributed by atoms with E-state index in [9.17, 15) is 13.2 Å². The number of aryl methyl sites for hydroxylation is 1. The van der Waals surface area contributed by atoms with Gasteiger partial charge in [-0.2, -0.15) is 0 Å². The second-order valence-corrected chi connectivity index (χ2v) is 8.53. The van der Waals surface area contributed by atoms with E-state index in [4.69, 9.17) is 5.73 Å². The molecule has 1 atom stereocenters. The van der Waals surface area contributed by atoms with E-state index in [2.05, 4.69) is 5.32 Å². The van der Waals surface area contributed by atoms with Gasteiger partial charge in [0, 0.05) is 12.3 Å². The monoisotopic (exact) mass is 324 g/mol. The number of hydrogen-bond acceptors (Lipinski definition) is 4. The van der Waals surface area contributed by atoms with E-state index in [-0.39, 0.29) is 17.2 Å². The minimum Gasteiger partial charge on any atom is -0.352 e. The smallest absolute Gasteiger partial charge is 0.241 e. The number of amides is 1. The molecule has 6 heteroatoms. The molecule has 3 N–H and O–H groups in total. The van der Waals surface area contributed by atoms with Crippen molar-refractivity contribution in [3.05, 3.63) is 35.4 Å². The first kappa shape index (κ1) is 17.0. The molecule has 1 fully saturated rings. The SMILES string of the molecule is Cc1ccc(C(N)C(=O)NC2CCC(S(C)(=O)=O)CC2)cc1. The molecule has 5 nitrogen and oxygen atoms in total. The molecule has 1 unspecified atom stereocenters. The van der Waals surface area contributed by atoms with Crippen LogP contribution in [-0.4, -0.2) is 31.9 Å². The molecule has 0 spiro atoms. The zero-order chi connectivity index (χ0) is 16.3. The summed E-state index contributed by atoms with van der Waals surface area (Å²) >= 11 is 0. The first-order valence-corrected chi connectivity index (χ1v) is 9.54. The van der Waals surface area contributed by atoms with Crippen LogP contribution in [0.3, 0.4) is 0 Å². The van der Waals surface area contributed by atoms with E-state index in [1.54, 1.807) is 0 Å². The van der Waals surface area contributed by atoms with Crippen molar-refractivity contribution in [3.63, 3.8) is 0 Å². The average molecular weight is 324 g/mol. The number of rotatable bonds is 4. The van der Waals surface area contributed by atoms with Crippen LogP contribution in [0.1, 0.15) is 42.9 Å². The number of carbonyl (C=O) groups is 1. The van der Waals surface area contributed by atoms with Gasteiger partial charge in [0.1, 0.15) is 15.9 Å². The third kappa shape index (κ3) is 4.30. The topological polar surface area (TPSA) is 89.3 Å². The van der Waals surface area contributed by atoms with Crippen molar-refractivity contribution >= 4 is 15.7 Å². The first-order valence-electron chi connectivity index (χ1n) is 7.59. The van der Waals surface area contributed by atoms with E-state index < -0.39 is 15.9 Å². The third-order valence-electron chi connectivity index (χ3n) is 4.35. The van der Waals surface area contributed by atoms with Gasteiger partial charge < -0.3 is 11.1 Å². The fourth-order valence-corrected chi connectivity index (χ4v) is 3.98. The average Bonchev–Trinajstić information content (AvgIpc) is 2.47. The molecule has 2 rings (SSSR count). The predicted molar refractivity (Wildman–Crippen MR) is 87.1 cm³/mol. The standard InChI is InChI=1S/C16H24N2O3S/c1-11-3-5-12(6-4-11)15(17)16(19)18-13-7-9-14(10-8-13)22(2,20)21/h3-6,13-15H,7-10,17H2,1-2H3,(H,18,19). The van der Waals surface area contributed by atoms with Crippen LogP contribution in [0.5, 0.6) is 0 Å². The normalized spacial score (nSPS) is 23.8. The largest absolute Gasteiger partial charge is 0.352 e. The van der Waals surface area contributed by atoms with Gasteiger partial charge in [-0.1, -0.05) is 29.8 Å². The van der Waals surface area contributed by atoms with Gasteiger partial charge >= 0.3 is 0 Å². The van der Waals surface area contributed by atoms with Crippen molar-refractivity contribution in [3.8, 4) is 0 Å². The van der Waals surface area contributed by atoms with Crippen LogP contribution in [-0.2, 0) is 14.6 Å². The summed E-state index contributed by atoms with van der Waals surface area (Å²) in [6.07, 6.45) is 3.85. The molecule has 22 heavy (non-hydrogen) atoms. The van der Waals surface area contributed by atoms with E-state index >= 15 is 0 Å². The van der Waals surface area contributed by atoms with Gasteiger partial charge in [-0.25, -0.2) is 8.42 Å². The maximum atomic E-state index is 12.2. The van der Waals surface area contributed by atoms with Crippen LogP contribution in [0.15, 0.2) is 24.3 Å². The number of carbonyl (C=O) groups excluding carboxylic acids is 1. The maximum absolute atomic E-state index is 12.2. The predicted octanol–water partition coefficient (Wildman–Crippen LogP) is 1.47. The number of nitrogens with two attached hydrogens (primary N) is 1. The molecule has 1 aromatic carbocycles. The summed E-state index contributed by atoms with van der Waals surface area (Å²) in [5.41, 5.74) is 7.90. The lowest BCUT2D eigenvalue weighted by molar-refractivity contribution is -0.123. The van der Waals surface area contributed by atoms with Crippen LogP contribution in [0.4, 0.5) is 0 Å². The first-order chi connectivity index (χ1) is 10.3. The summed E-state index contributed by atoms with van der Waals surface area (Å²) in [5, 5.41) is 2.67. The summed E-state index contributed by atoms with van der Waals surface area (Å²) < 4.78 is 23.1. The van der Waals surface area contributed by atoms with Crippen molar-refractivity contribution in [1.29, 1.82) is 0 Å². The van der Waals surface area contributed by atoms with Gasteiger partial charge in [-0.05, 0) is 38.2 Å². The maximum Gasteiger partial charge on any atom is 0.241 e. The third-order valence-corrected chi connectivity index (χ3v) is 6.03. The molecule has 0 aliphatic heterocycles. The molecular weight excluding hydrogens is 300 g/mol. The molecule has 0 saturated heterocycles. The zero-order valence-electron chi connectivity index (χ0n) is 13.1. The van der Waals surface area contributed by atoms with Gasteiger partial charge in [-0.15, -0.1) is 0 Å². The van der Waals surface area contributed by atoms with E-state index in [1.807, 2.05) is 31.2 Å². The van der Waals surface area contributed by atoms with Crippen molar-refractivity contribution in [2.24, 2.45) is 5.73 Å². The molecule has 1 aliphatic rings. The van der Waals surface area contributed by atoms with E-state index in [0.29, 0.717) is 25.7 Å². The van der Waals surface area contributed by atoms with Gasteiger partial charge in [0.25, 0.3) is 0 Å². The van der Waals surface area contributed by atoms with Crippen molar-refractivity contribution < 1.29 is 13.2 Å². The lowest BCUT2D eigenvalue weighted by Crippen LogP contribution is -2.43. The van der Waals surface area contributed by atoms with Crippen LogP contribution in [0.25, 0.3) is 0 Å². The Morgan fingerprint density at radius 3 is 2.23 bits per heavy atom. The van der Waals surface area contributed by atoms with Crippen LogP contribution in [0, 0.1) is 6.92 Å². The summed E-state index contributed by atoms with van der Waals surface area (Å²) in [7, 11) is -2.98. The highest BCUT2D eigenvalue weighted by atomic mass is 32.2. The highest BCUT2D eigenvalue weighted by molar-refractivity contribution is 7.91. The summed E-state index contributed by atoms with van der Waals surface area (Å²) in [6, 6.07) is 6.91. The molecule has 1 aromatic rings. The van der Waals surface area contributed by atoms with Crippen LogP contribution >= 0.6 is 0 Å². The Morgan fingerprint density at radius 1 is 1.18 bits per heavy atom. The lowest BCUT2D eigenvalue weighted by atomic mass is 9.94. The summed E-state index contributed by atoms with van der Waals surface area (Å²) in [4.78, 5) is 12.2. The fraction of sp³-hybridized carbons (Fsp3) is 0.562. The van der Waals surface area contributed by atoms with Crippen LogP contribution in [0.2, 0.25) is 0 Å². The number of sulfone groups is 1. The lowest BCUT2D eigenvalue weighted by Gasteiger charge is -2.28. The Kier molecular flexibility index (Phi) is 5.24. The number of nitrogens with one attached hydrogen (secondary N) is 1. The van der Waals surface area contributed by atoms with Gasteiger partial charge in [0.15, 0.2) is 0 Å². The van der Waals surface area contributed by atoms with Gasteiger partial charge in [0.05, 0.1) is 5.25 Å². The minimum atomic E-state index is -2.98. The highest BCUT2D eigenvalue weighted by Crippen LogP contribution is 2.24. The number of hydrogen-bond donors (Lipinski definition) is 2. The Bertz CT molecular complexity index is 617. The fourth-order valence-electron chi connectivity index (χ4n) is 2.85. The Balaban J connectivity index is 1.89. The van der Waals surface area contributed by atoms with Gasteiger partial charge in [0.2, 0.25) is 5.91 Å². The summed E-state index contributed by atoms with van der Waals surface area (Å²) in [6.45, 7) is 1.98. The second kappa shape index (κ2) is 6.79.